The smallest absolute Gasteiger partial charge is 0.302 e. The molecular formula is C10H16O2. The molecule has 2 rings (SSSR count). The van der Waals surface area contributed by atoms with Gasteiger partial charge in [-0.3, -0.25) is 4.79 Å². The molecule has 2 aliphatic rings. The van der Waals surface area contributed by atoms with Gasteiger partial charge in [0.15, 0.2) is 0 Å². The molecule has 0 aromatic carbocycles. The van der Waals surface area contributed by atoms with Gasteiger partial charge in [0.05, 0.1) is 6.61 Å². The highest BCUT2D eigenvalue weighted by Crippen LogP contribution is 2.48. The quantitative estimate of drug-likeness (QED) is 0.589. The second-order valence-corrected chi connectivity index (χ2v) is 4.24. The third kappa shape index (κ3) is 1.47. The van der Waals surface area contributed by atoms with Crippen molar-refractivity contribution >= 4 is 5.97 Å². The molecule has 0 aliphatic heterocycles. The molecule has 2 bridgehead atoms. The molecule has 3 atom stereocenters. The Hall–Kier alpha value is -0.530. The zero-order valence-electron chi connectivity index (χ0n) is 7.58. The van der Waals surface area contributed by atoms with E-state index in [0.717, 1.165) is 11.8 Å². The Kier molecular flexibility index (Phi) is 2.07. The highest BCUT2D eigenvalue weighted by Gasteiger charge is 2.39. The van der Waals surface area contributed by atoms with Crippen LogP contribution in [0.15, 0.2) is 0 Å². The molecular weight excluding hydrogens is 152 g/mol. The number of esters is 1. The maximum absolute atomic E-state index is 10.6. The normalized spacial score (nSPS) is 38.6. The van der Waals surface area contributed by atoms with E-state index in [2.05, 4.69) is 0 Å². The first kappa shape index (κ1) is 8.09. The van der Waals surface area contributed by atoms with Crippen LogP contribution in [-0.4, -0.2) is 12.6 Å². The minimum Gasteiger partial charge on any atom is -0.466 e. The number of fused-ring (bicyclic) bond motifs is 2. The fourth-order valence-electron chi connectivity index (χ4n) is 2.80. The molecule has 0 heterocycles. The van der Waals surface area contributed by atoms with Gasteiger partial charge in [-0.25, -0.2) is 0 Å². The Morgan fingerprint density at radius 1 is 1.42 bits per heavy atom. The van der Waals surface area contributed by atoms with Gasteiger partial charge in [-0.05, 0) is 37.0 Å². The second kappa shape index (κ2) is 3.08. The van der Waals surface area contributed by atoms with Gasteiger partial charge in [0.1, 0.15) is 0 Å². The lowest BCUT2D eigenvalue weighted by Gasteiger charge is -2.20. The van der Waals surface area contributed by atoms with Crippen molar-refractivity contribution < 1.29 is 9.53 Å². The summed E-state index contributed by atoms with van der Waals surface area (Å²) in [6, 6.07) is 0. The van der Waals surface area contributed by atoms with Crippen molar-refractivity contribution in [2.24, 2.45) is 17.8 Å². The van der Waals surface area contributed by atoms with Crippen LogP contribution >= 0.6 is 0 Å². The van der Waals surface area contributed by atoms with Crippen LogP contribution in [0.1, 0.15) is 32.6 Å². The first-order chi connectivity index (χ1) is 5.75. The fraction of sp³-hybridized carbons (Fsp3) is 0.900. The molecule has 12 heavy (non-hydrogen) atoms. The average molecular weight is 168 g/mol. The Balaban J connectivity index is 1.79. The Morgan fingerprint density at radius 2 is 2.25 bits per heavy atom. The number of carbonyl (C=O) groups is 1. The molecule has 0 unspecified atom stereocenters. The monoisotopic (exact) mass is 168 g/mol. The summed E-state index contributed by atoms with van der Waals surface area (Å²) in [5.74, 6) is 2.38. The summed E-state index contributed by atoms with van der Waals surface area (Å²) in [6.07, 6.45) is 5.49. The van der Waals surface area contributed by atoms with Crippen molar-refractivity contribution in [3.8, 4) is 0 Å². The van der Waals surface area contributed by atoms with E-state index < -0.39 is 0 Å². The number of carbonyl (C=O) groups excluding carboxylic acids is 1. The van der Waals surface area contributed by atoms with Crippen molar-refractivity contribution in [3.05, 3.63) is 0 Å². The minimum absolute atomic E-state index is 0.127. The van der Waals surface area contributed by atoms with Gasteiger partial charge in [-0.2, -0.15) is 0 Å². The summed E-state index contributed by atoms with van der Waals surface area (Å²) in [4.78, 5) is 10.6. The van der Waals surface area contributed by atoms with Crippen LogP contribution in [0.2, 0.25) is 0 Å². The van der Waals surface area contributed by atoms with Crippen molar-refractivity contribution in [2.45, 2.75) is 32.6 Å². The average Bonchev–Trinajstić information content (AvgIpc) is 2.60. The van der Waals surface area contributed by atoms with E-state index in [1.807, 2.05) is 0 Å². The first-order valence-corrected chi connectivity index (χ1v) is 4.89. The number of hydrogen-bond donors (Lipinski definition) is 0. The van der Waals surface area contributed by atoms with Crippen LogP contribution in [0.25, 0.3) is 0 Å². The third-order valence-corrected chi connectivity index (χ3v) is 3.39. The van der Waals surface area contributed by atoms with E-state index in [9.17, 15) is 4.79 Å². The maximum Gasteiger partial charge on any atom is 0.302 e. The van der Waals surface area contributed by atoms with Crippen LogP contribution in [0.3, 0.4) is 0 Å². The van der Waals surface area contributed by atoms with Gasteiger partial charge in [-0.15, -0.1) is 0 Å². The van der Waals surface area contributed by atoms with E-state index in [1.165, 1.54) is 32.6 Å². The van der Waals surface area contributed by atoms with Gasteiger partial charge < -0.3 is 4.74 Å². The fourth-order valence-corrected chi connectivity index (χ4v) is 2.80. The van der Waals surface area contributed by atoms with Crippen molar-refractivity contribution in [2.75, 3.05) is 6.61 Å². The SMILES string of the molecule is CC(=O)OC[C@H]1C[C@@H]2CC[C@H]1C2. The molecule has 2 saturated carbocycles. The molecule has 0 aromatic rings. The van der Waals surface area contributed by atoms with Gasteiger partial charge in [0.2, 0.25) is 0 Å². The van der Waals surface area contributed by atoms with E-state index in [4.69, 9.17) is 4.74 Å². The molecule has 0 spiro atoms. The van der Waals surface area contributed by atoms with Crippen molar-refractivity contribution in [1.82, 2.24) is 0 Å². The van der Waals surface area contributed by atoms with Gasteiger partial charge >= 0.3 is 5.97 Å². The van der Waals surface area contributed by atoms with E-state index in [-0.39, 0.29) is 5.97 Å². The molecule has 0 saturated heterocycles. The molecule has 2 heteroatoms. The highest BCUT2D eigenvalue weighted by atomic mass is 16.5. The van der Waals surface area contributed by atoms with Crippen LogP contribution < -0.4 is 0 Å². The molecule has 2 nitrogen and oxygen atoms in total. The molecule has 0 N–H and O–H groups in total. The minimum atomic E-state index is -0.127. The molecule has 68 valence electrons. The van der Waals surface area contributed by atoms with Crippen LogP contribution in [0.5, 0.6) is 0 Å². The molecule has 2 aliphatic carbocycles. The molecule has 0 aromatic heterocycles. The summed E-state index contributed by atoms with van der Waals surface area (Å²) in [5.41, 5.74) is 0. The lowest BCUT2D eigenvalue weighted by atomic mass is 9.90. The predicted molar refractivity (Wildman–Crippen MR) is 45.6 cm³/mol. The summed E-state index contributed by atoms with van der Waals surface area (Å²) < 4.78 is 5.04. The van der Waals surface area contributed by atoms with Crippen molar-refractivity contribution in [3.63, 3.8) is 0 Å². The number of ether oxygens (including phenoxy) is 1. The summed E-state index contributed by atoms with van der Waals surface area (Å²) in [5, 5.41) is 0. The zero-order valence-corrected chi connectivity index (χ0v) is 7.58. The van der Waals surface area contributed by atoms with Crippen LogP contribution in [0, 0.1) is 17.8 Å². The van der Waals surface area contributed by atoms with E-state index >= 15 is 0 Å². The van der Waals surface area contributed by atoms with E-state index in [1.54, 1.807) is 0 Å². The predicted octanol–water partition coefficient (Wildman–Crippen LogP) is 1.99. The Labute approximate surface area is 73.3 Å². The zero-order chi connectivity index (χ0) is 8.55. The second-order valence-electron chi connectivity index (χ2n) is 4.24. The number of rotatable bonds is 2. The molecule has 2 fully saturated rings. The van der Waals surface area contributed by atoms with Gasteiger partial charge in [-0.1, -0.05) is 6.42 Å². The Bertz CT molecular complexity index is 188. The Morgan fingerprint density at radius 3 is 2.75 bits per heavy atom. The first-order valence-electron chi connectivity index (χ1n) is 4.89. The third-order valence-electron chi connectivity index (χ3n) is 3.39. The molecule has 0 radical (unpaired) electrons. The van der Waals surface area contributed by atoms with Crippen molar-refractivity contribution in [1.29, 1.82) is 0 Å². The summed E-state index contributed by atoms with van der Waals surface area (Å²) >= 11 is 0. The largest absolute Gasteiger partial charge is 0.466 e. The number of hydrogen-bond acceptors (Lipinski definition) is 2. The van der Waals surface area contributed by atoms with Gasteiger partial charge in [0.25, 0.3) is 0 Å². The standard InChI is InChI=1S/C10H16O2/c1-7(11)12-6-10-5-8-2-3-9(10)4-8/h8-10H,2-6H2,1H3/t8-,9+,10-/m1/s1. The lowest BCUT2D eigenvalue weighted by molar-refractivity contribution is -0.142. The maximum atomic E-state index is 10.6. The summed E-state index contributed by atoms with van der Waals surface area (Å²) in [7, 11) is 0. The summed E-state index contributed by atoms with van der Waals surface area (Å²) in [6.45, 7) is 2.17. The van der Waals surface area contributed by atoms with Crippen LogP contribution in [-0.2, 0) is 9.53 Å². The molecule has 0 amide bonds. The lowest BCUT2D eigenvalue weighted by Crippen LogP contribution is -2.18. The topological polar surface area (TPSA) is 26.3 Å². The van der Waals surface area contributed by atoms with Gasteiger partial charge in [0, 0.05) is 6.92 Å². The van der Waals surface area contributed by atoms with E-state index in [0.29, 0.717) is 12.5 Å². The van der Waals surface area contributed by atoms with Crippen LogP contribution in [0.4, 0.5) is 0 Å². The highest BCUT2D eigenvalue weighted by molar-refractivity contribution is 5.65.